The van der Waals surface area contributed by atoms with E-state index in [4.69, 9.17) is 9.47 Å². The Morgan fingerprint density at radius 3 is 2.25 bits per heavy atom. The summed E-state index contributed by atoms with van der Waals surface area (Å²) in [6.45, 7) is 4.44. The van der Waals surface area contributed by atoms with Gasteiger partial charge in [-0.05, 0) is 61.9 Å². The molecule has 0 bridgehead atoms. The molecule has 0 saturated carbocycles. The van der Waals surface area contributed by atoms with Gasteiger partial charge >= 0.3 is 5.97 Å². The molecule has 0 aromatic heterocycles. The maximum Gasteiger partial charge on any atom is 0.316 e. The highest BCUT2D eigenvalue weighted by atomic mass is 16.5. The van der Waals surface area contributed by atoms with Gasteiger partial charge in [0.2, 0.25) is 17.7 Å². The molecule has 0 spiro atoms. The highest BCUT2D eigenvalue weighted by molar-refractivity contribution is 6.20. The maximum absolute atomic E-state index is 12.7. The van der Waals surface area contributed by atoms with Crippen LogP contribution in [-0.2, 0) is 19.2 Å². The van der Waals surface area contributed by atoms with E-state index in [0.29, 0.717) is 29.3 Å². The van der Waals surface area contributed by atoms with Crippen LogP contribution in [0.3, 0.4) is 0 Å². The molecule has 8 heteroatoms. The Morgan fingerprint density at radius 2 is 1.62 bits per heavy atom. The summed E-state index contributed by atoms with van der Waals surface area (Å²) in [6, 6.07) is 11.9. The van der Waals surface area contributed by atoms with E-state index in [9.17, 15) is 19.2 Å². The number of imide groups is 1. The Labute approximate surface area is 185 Å². The first-order valence-electron chi connectivity index (χ1n) is 10.6. The van der Waals surface area contributed by atoms with Gasteiger partial charge in [0.1, 0.15) is 11.5 Å². The first-order chi connectivity index (χ1) is 15.4. The van der Waals surface area contributed by atoms with Crippen molar-refractivity contribution in [3.63, 3.8) is 0 Å². The fourth-order valence-corrected chi connectivity index (χ4v) is 3.99. The van der Waals surface area contributed by atoms with Crippen molar-refractivity contribution in [1.29, 1.82) is 0 Å². The molecule has 2 aromatic rings. The van der Waals surface area contributed by atoms with Crippen LogP contribution in [0.25, 0.3) is 0 Å². The molecule has 0 aliphatic carbocycles. The number of amides is 3. The fourth-order valence-electron chi connectivity index (χ4n) is 3.99. The van der Waals surface area contributed by atoms with Crippen LogP contribution in [0.5, 0.6) is 11.5 Å². The lowest BCUT2D eigenvalue weighted by Gasteiger charge is -2.18. The van der Waals surface area contributed by atoms with E-state index >= 15 is 0 Å². The molecule has 2 fully saturated rings. The standard InChI is InChI=1S/C24H24N2O6/c1-3-31-18-6-4-17(5-7-18)25-14-16(13-23(25)29)24(30)32-19-8-9-20(15(2)12-19)26-21(27)10-11-22(26)28/h4-9,12,16H,3,10-11,13-14H2,1-2H3/t16-/m0/s1. The van der Waals surface area contributed by atoms with Crippen LogP contribution in [0, 0.1) is 12.8 Å². The van der Waals surface area contributed by atoms with E-state index in [-0.39, 0.29) is 43.5 Å². The lowest BCUT2D eigenvalue weighted by molar-refractivity contribution is -0.139. The minimum Gasteiger partial charge on any atom is -0.494 e. The summed E-state index contributed by atoms with van der Waals surface area (Å²) >= 11 is 0. The van der Waals surface area contributed by atoms with Crippen LogP contribution < -0.4 is 19.3 Å². The van der Waals surface area contributed by atoms with Gasteiger partial charge in [0.05, 0.1) is 18.2 Å². The van der Waals surface area contributed by atoms with Crippen molar-refractivity contribution < 1.29 is 28.7 Å². The van der Waals surface area contributed by atoms with Crippen LogP contribution >= 0.6 is 0 Å². The first kappa shape index (κ1) is 21.5. The van der Waals surface area contributed by atoms with Gasteiger partial charge in [0.15, 0.2) is 0 Å². The van der Waals surface area contributed by atoms with Gasteiger partial charge in [0.25, 0.3) is 0 Å². The lowest BCUT2D eigenvalue weighted by atomic mass is 10.1. The largest absolute Gasteiger partial charge is 0.494 e. The molecule has 2 saturated heterocycles. The number of ether oxygens (including phenoxy) is 2. The third kappa shape index (κ3) is 4.21. The Bertz CT molecular complexity index is 1060. The van der Waals surface area contributed by atoms with E-state index in [1.54, 1.807) is 54.3 Å². The van der Waals surface area contributed by atoms with Gasteiger partial charge in [-0.2, -0.15) is 0 Å². The molecule has 0 radical (unpaired) electrons. The third-order valence-electron chi connectivity index (χ3n) is 5.60. The number of hydrogen-bond donors (Lipinski definition) is 0. The number of rotatable bonds is 6. The third-order valence-corrected chi connectivity index (χ3v) is 5.60. The molecule has 1 atom stereocenters. The molecule has 8 nitrogen and oxygen atoms in total. The molecule has 2 aliphatic heterocycles. The molecule has 2 aliphatic rings. The Hall–Kier alpha value is -3.68. The second-order valence-corrected chi connectivity index (χ2v) is 7.82. The summed E-state index contributed by atoms with van der Waals surface area (Å²) in [5.41, 5.74) is 1.85. The summed E-state index contributed by atoms with van der Waals surface area (Å²) in [5, 5.41) is 0. The van der Waals surface area contributed by atoms with Crippen molar-refractivity contribution in [2.75, 3.05) is 23.0 Å². The zero-order valence-electron chi connectivity index (χ0n) is 18.0. The van der Waals surface area contributed by atoms with E-state index in [1.165, 1.54) is 4.90 Å². The van der Waals surface area contributed by atoms with Gasteiger partial charge in [-0.1, -0.05) is 0 Å². The smallest absolute Gasteiger partial charge is 0.316 e. The molecule has 0 N–H and O–H groups in total. The number of anilines is 2. The summed E-state index contributed by atoms with van der Waals surface area (Å²) in [4.78, 5) is 51.9. The predicted molar refractivity (Wildman–Crippen MR) is 117 cm³/mol. The topological polar surface area (TPSA) is 93.2 Å². The van der Waals surface area contributed by atoms with Gasteiger partial charge in [0, 0.05) is 31.5 Å². The summed E-state index contributed by atoms with van der Waals surface area (Å²) in [7, 11) is 0. The second-order valence-electron chi connectivity index (χ2n) is 7.82. The fraction of sp³-hybridized carbons (Fsp3) is 0.333. The van der Waals surface area contributed by atoms with E-state index < -0.39 is 11.9 Å². The van der Waals surface area contributed by atoms with Crippen molar-refractivity contribution in [1.82, 2.24) is 0 Å². The summed E-state index contributed by atoms with van der Waals surface area (Å²) in [5.74, 6) is -0.669. The Balaban J connectivity index is 1.42. The van der Waals surface area contributed by atoms with Crippen LogP contribution in [0.2, 0.25) is 0 Å². The average Bonchev–Trinajstić information content (AvgIpc) is 3.31. The first-order valence-corrected chi connectivity index (χ1v) is 10.6. The van der Waals surface area contributed by atoms with Crippen LogP contribution in [0.4, 0.5) is 11.4 Å². The number of hydrogen-bond acceptors (Lipinski definition) is 6. The van der Waals surface area contributed by atoms with Crippen molar-refractivity contribution in [3.05, 3.63) is 48.0 Å². The Morgan fingerprint density at radius 1 is 0.969 bits per heavy atom. The number of carbonyl (C=O) groups excluding carboxylic acids is 4. The molecule has 166 valence electrons. The molecule has 0 unspecified atom stereocenters. The molecule has 3 amide bonds. The van der Waals surface area contributed by atoms with Crippen LogP contribution in [0.15, 0.2) is 42.5 Å². The number of esters is 1. The zero-order chi connectivity index (χ0) is 22.8. The number of carbonyl (C=O) groups is 4. The summed E-state index contributed by atoms with van der Waals surface area (Å²) < 4.78 is 10.9. The molecule has 2 aromatic carbocycles. The van der Waals surface area contributed by atoms with Gasteiger partial charge < -0.3 is 14.4 Å². The molecule has 4 rings (SSSR count). The molecule has 2 heterocycles. The molecular weight excluding hydrogens is 412 g/mol. The zero-order valence-corrected chi connectivity index (χ0v) is 18.0. The van der Waals surface area contributed by atoms with Gasteiger partial charge in [-0.15, -0.1) is 0 Å². The quantitative estimate of drug-likeness (QED) is 0.393. The SMILES string of the molecule is CCOc1ccc(N2C[C@@H](C(=O)Oc3ccc(N4C(=O)CCC4=O)c(C)c3)CC2=O)cc1. The molecular formula is C24H24N2O6. The van der Waals surface area contributed by atoms with Crippen molar-refractivity contribution in [2.45, 2.75) is 33.1 Å². The molecule has 32 heavy (non-hydrogen) atoms. The average molecular weight is 436 g/mol. The van der Waals surface area contributed by atoms with E-state index in [2.05, 4.69) is 0 Å². The van der Waals surface area contributed by atoms with Crippen LogP contribution in [0.1, 0.15) is 31.7 Å². The van der Waals surface area contributed by atoms with Gasteiger partial charge in [-0.25, -0.2) is 0 Å². The highest BCUT2D eigenvalue weighted by Crippen LogP contribution is 2.31. The highest BCUT2D eigenvalue weighted by Gasteiger charge is 2.37. The van der Waals surface area contributed by atoms with E-state index in [1.807, 2.05) is 6.92 Å². The minimum absolute atomic E-state index is 0.0693. The normalized spacial score (nSPS) is 18.4. The van der Waals surface area contributed by atoms with Crippen LogP contribution in [-0.4, -0.2) is 36.8 Å². The maximum atomic E-state index is 12.7. The summed E-state index contributed by atoms with van der Waals surface area (Å²) in [6.07, 6.45) is 0.477. The van der Waals surface area contributed by atoms with Crippen molar-refractivity contribution in [2.24, 2.45) is 5.92 Å². The van der Waals surface area contributed by atoms with Crippen molar-refractivity contribution >= 4 is 35.1 Å². The predicted octanol–water partition coefficient (Wildman–Crippen LogP) is 3.01. The monoisotopic (exact) mass is 436 g/mol. The number of nitrogens with zero attached hydrogens (tertiary/aromatic N) is 2. The van der Waals surface area contributed by atoms with Crippen molar-refractivity contribution in [3.8, 4) is 11.5 Å². The van der Waals surface area contributed by atoms with E-state index in [0.717, 1.165) is 5.75 Å². The Kier molecular flexibility index (Phi) is 5.94. The minimum atomic E-state index is -0.587. The number of benzene rings is 2. The number of aryl methyl sites for hydroxylation is 1. The second kappa shape index (κ2) is 8.82. The van der Waals surface area contributed by atoms with Gasteiger partial charge in [-0.3, -0.25) is 24.1 Å². The lowest BCUT2D eigenvalue weighted by Crippen LogP contribution is -2.29.